The quantitative estimate of drug-likeness (QED) is 0.500. The van der Waals surface area contributed by atoms with Crippen molar-refractivity contribution in [1.29, 1.82) is 5.41 Å². The van der Waals surface area contributed by atoms with Gasteiger partial charge in [0, 0.05) is 7.50 Å². The van der Waals surface area contributed by atoms with E-state index in [-0.39, 0.29) is 1.43 Å². The number of hydrogen-bond acceptors (Lipinski definition) is 2. The van der Waals surface area contributed by atoms with Crippen LogP contribution in [-0.2, 0) is 4.79 Å². The van der Waals surface area contributed by atoms with E-state index >= 15 is 0 Å². The van der Waals surface area contributed by atoms with E-state index in [9.17, 15) is 4.79 Å². The van der Waals surface area contributed by atoms with Crippen molar-refractivity contribution < 1.29 is 6.22 Å². The predicted octanol–water partition coefficient (Wildman–Crippen LogP) is 1.57. The van der Waals surface area contributed by atoms with Gasteiger partial charge in [-0.25, -0.2) is 0 Å². The van der Waals surface area contributed by atoms with E-state index in [1.165, 1.54) is 12.2 Å². The second kappa shape index (κ2) is 4.40. The lowest BCUT2D eigenvalue weighted by atomic mass is 10.0. The summed E-state index contributed by atoms with van der Waals surface area (Å²) in [6, 6.07) is 0. The van der Waals surface area contributed by atoms with Gasteiger partial charge in [0.05, 0.1) is 5.71 Å². The van der Waals surface area contributed by atoms with Crippen LogP contribution in [0.1, 0.15) is 14.3 Å². The second-order valence-corrected chi connectivity index (χ2v) is 2.79. The Morgan fingerprint density at radius 1 is 1.54 bits per heavy atom. The summed E-state index contributed by atoms with van der Waals surface area (Å²) in [6.45, 7) is 0. The van der Waals surface area contributed by atoms with E-state index in [0.717, 1.165) is 18.4 Å². The van der Waals surface area contributed by atoms with Crippen molar-refractivity contribution in [3.63, 3.8) is 0 Å². The maximum absolute atomic E-state index is 10.4. The van der Waals surface area contributed by atoms with Gasteiger partial charge in [-0.15, -0.1) is 0 Å². The molecule has 0 aromatic rings. The van der Waals surface area contributed by atoms with Gasteiger partial charge in [-0.2, -0.15) is 0 Å². The first kappa shape index (κ1) is 9.45. The lowest BCUT2D eigenvalue weighted by Crippen LogP contribution is -2.07. The number of rotatable bonds is 3. The van der Waals surface area contributed by atoms with Gasteiger partial charge in [-0.3, -0.25) is 4.79 Å². The molecule has 0 saturated carbocycles. The van der Waals surface area contributed by atoms with Crippen molar-refractivity contribution in [2.24, 2.45) is 5.73 Å². The van der Waals surface area contributed by atoms with Crippen LogP contribution in [0, 0.1) is 5.41 Å². The molecule has 3 N–H and O–H groups in total. The molecule has 0 aromatic heterocycles. The van der Waals surface area contributed by atoms with E-state index in [1.54, 1.807) is 0 Å². The largest absolute Gasteiger partial charge is 0.366 e. The summed E-state index contributed by atoms with van der Waals surface area (Å²) < 4.78 is 0. The van der Waals surface area contributed by atoms with Crippen LogP contribution in [0.5, 0.6) is 0 Å². The van der Waals surface area contributed by atoms with Crippen LogP contribution in [0.4, 0.5) is 0 Å². The van der Waals surface area contributed by atoms with Crippen molar-refractivity contribution in [2.45, 2.75) is 12.8 Å². The number of allylic oxidation sites excluding steroid dienone is 5. The molecular weight excluding hydrogens is 164 g/mol. The summed E-state index contributed by atoms with van der Waals surface area (Å²) >= 11 is 0. The minimum atomic E-state index is -0.523. The van der Waals surface area contributed by atoms with Crippen molar-refractivity contribution in [2.75, 3.05) is 0 Å². The molecule has 0 heterocycles. The molecule has 0 radical (unpaired) electrons. The Morgan fingerprint density at radius 2 is 2.31 bits per heavy atom. The number of carbonyl (C=O) groups excluding carboxylic acids is 1. The normalized spacial score (nSPS) is 15.8. The lowest BCUT2D eigenvalue weighted by Gasteiger charge is -2.03. The fourth-order valence-corrected chi connectivity index (χ4v) is 1.07. The molecule has 1 rings (SSSR count). The van der Waals surface area contributed by atoms with Crippen LogP contribution in [-0.4, -0.2) is 11.6 Å². The Balaban J connectivity index is 0.00000169. The number of amides is 1. The average molecular weight is 178 g/mol. The molecule has 0 saturated heterocycles. The SMILES string of the molecule is N=C(/C=C\C(N)=O)C1=CCCC=C1.[HH]. The van der Waals surface area contributed by atoms with Gasteiger partial charge in [0.15, 0.2) is 0 Å². The maximum atomic E-state index is 10.4. The smallest absolute Gasteiger partial charge is 0.241 e. The fourth-order valence-electron chi connectivity index (χ4n) is 1.07. The molecule has 3 heteroatoms. The summed E-state index contributed by atoms with van der Waals surface area (Å²) in [7, 11) is 0. The molecule has 0 aliphatic heterocycles. The van der Waals surface area contributed by atoms with Gasteiger partial charge in [0.1, 0.15) is 0 Å². The highest BCUT2D eigenvalue weighted by Gasteiger charge is 2.00. The zero-order valence-electron chi connectivity index (χ0n) is 7.29. The van der Waals surface area contributed by atoms with Gasteiger partial charge >= 0.3 is 0 Å². The molecule has 0 spiro atoms. The van der Waals surface area contributed by atoms with E-state index in [0.29, 0.717) is 5.71 Å². The summed E-state index contributed by atoms with van der Waals surface area (Å²) in [5.74, 6) is -0.523. The molecular formula is C10H14N2O. The van der Waals surface area contributed by atoms with Gasteiger partial charge in [-0.1, -0.05) is 18.2 Å². The van der Waals surface area contributed by atoms with E-state index in [1.807, 2.05) is 18.2 Å². The zero-order valence-corrected chi connectivity index (χ0v) is 7.29. The maximum Gasteiger partial charge on any atom is 0.241 e. The molecule has 70 valence electrons. The molecule has 3 nitrogen and oxygen atoms in total. The Kier molecular flexibility index (Phi) is 3.20. The first-order valence-corrected chi connectivity index (χ1v) is 4.13. The molecule has 0 unspecified atom stereocenters. The van der Waals surface area contributed by atoms with Crippen molar-refractivity contribution >= 4 is 11.6 Å². The van der Waals surface area contributed by atoms with Crippen LogP contribution in [0.25, 0.3) is 0 Å². The summed E-state index contributed by atoms with van der Waals surface area (Å²) in [4.78, 5) is 10.4. The van der Waals surface area contributed by atoms with Gasteiger partial charge < -0.3 is 11.1 Å². The number of carbonyl (C=O) groups is 1. The Labute approximate surface area is 78.6 Å². The van der Waals surface area contributed by atoms with Gasteiger partial charge in [-0.05, 0) is 24.5 Å². The third-order valence-electron chi connectivity index (χ3n) is 1.72. The zero-order chi connectivity index (χ0) is 9.68. The molecule has 0 aromatic carbocycles. The minimum absolute atomic E-state index is 0. The number of hydrogen-bond donors (Lipinski definition) is 2. The topological polar surface area (TPSA) is 66.9 Å². The highest BCUT2D eigenvalue weighted by molar-refractivity contribution is 6.10. The summed E-state index contributed by atoms with van der Waals surface area (Å²) in [5, 5.41) is 7.56. The fraction of sp³-hybridized carbons (Fsp3) is 0.200. The van der Waals surface area contributed by atoms with Crippen LogP contribution in [0.2, 0.25) is 0 Å². The molecule has 0 fully saturated rings. The summed E-state index contributed by atoms with van der Waals surface area (Å²) in [5.41, 5.74) is 6.09. The molecule has 0 bridgehead atoms. The third kappa shape index (κ3) is 3.07. The minimum Gasteiger partial charge on any atom is -0.366 e. The second-order valence-electron chi connectivity index (χ2n) is 2.79. The van der Waals surface area contributed by atoms with Crippen LogP contribution >= 0.6 is 0 Å². The number of nitrogens with two attached hydrogens (primary N) is 1. The van der Waals surface area contributed by atoms with Crippen LogP contribution in [0.15, 0.2) is 36.0 Å². The highest BCUT2D eigenvalue weighted by Crippen LogP contribution is 2.10. The van der Waals surface area contributed by atoms with Crippen LogP contribution in [0.3, 0.4) is 0 Å². The highest BCUT2D eigenvalue weighted by atomic mass is 16.1. The molecule has 0 atom stereocenters. The average Bonchev–Trinajstić information content (AvgIpc) is 2.15. The van der Waals surface area contributed by atoms with E-state index < -0.39 is 5.91 Å². The van der Waals surface area contributed by atoms with Crippen LogP contribution < -0.4 is 5.73 Å². The molecule has 1 amide bonds. The van der Waals surface area contributed by atoms with Gasteiger partial charge in [0.2, 0.25) is 5.91 Å². The Hall–Kier alpha value is -1.64. The molecule has 13 heavy (non-hydrogen) atoms. The van der Waals surface area contributed by atoms with E-state index in [4.69, 9.17) is 11.1 Å². The van der Waals surface area contributed by atoms with Crippen molar-refractivity contribution in [3.05, 3.63) is 36.0 Å². The third-order valence-corrected chi connectivity index (χ3v) is 1.72. The standard InChI is InChI=1S/C10H12N2O.H2/c11-9(6-7-10(12)13)8-4-2-1-3-5-8;/h2,4-7,11H,1,3H2,(H2,12,13);1H/b7-6-,11-9?;. The molecule has 1 aliphatic carbocycles. The predicted molar refractivity (Wildman–Crippen MR) is 54.6 cm³/mol. The number of nitrogens with one attached hydrogen (secondary N) is 1. The monoisotopic (exact) mass is 178 g/mol. The lowest BCUT2D eigenvalue weighted by molar-refractivity contribution is -0.113. The Morgan fingerprint density at radius 3 is 2.85 bits per heavy atom. The Bertz CT molecular complexity index is 316. The molecule has 1 aliphatic rings. The van der Waals surface area contributed by atoms with E-state index in [2.05, 4.69) is 0 Å². The van der Waals surface area contributed by atoms with Gasteiger partial charge in [0.25, 0.3) is 0 Å². The van der Waals surface area contributed by atoms with Crippen molar-refractivity contribution in [3.8, 4) is 0 Å². The summed E-state index contributed by atoms with van der Waals surface area (Å²) in [6.07, 6.45) is 10.5. The first-order valence-electron chi connectivity index (χ1n) is 4.13. The number of primary amides is 1. The van der Waals surface area contributed by atoms with Crippen molar-refractivity contribution in [1.82, 2.24) is 0 Å². The first-order chi connectivity index (χ1) is 6.20.